The standard InChI is InChI=1S/C15H22N2O3.ClH/c1-19-13-5-3-12(11-14(13)20-2)4-6-15(18)17-9-7-16-8-10-17;/h3,5,11,16H,4,6-10H2,1-2H3;1H. The largest absolute Gasteiger partial charge is 0.493 e. The number of benzene rings is 1. The van der Waals surface area contributed by atoms with E-state index in [-0.39, 0.29) is 18.3 Å². The van der Waals surface area contributed by atoms with Gasteiger partial charge in [-0.2, -0.15) is 0 Å². The van der Waals surface area contributed by atoms with Gasteiger partial charge in [0.05, 0.1) is 14.2 Å². The summed E-state index contributed by atoms with van der Waals surface area (Å²) in [6.07, 6.45) is 1.26. The zero-order valence-electron chi connectivity index (χ0n) is 12.6. The van der Waals surface area contributed by atoms with E-state index in [1.165, 1.54) is 0 Å². The van der Waals surface area contributed by atoms with Gasteiger partial charge in [-0.05, 0) is 24.1 Å². The van der Waals surface area contributed by atoms with E-state index in [2.05, 4.69) is 5.32 Å². The van der Waals surface area contributed by atoms with Crippen LogP contribution in [0.3, 0.4) is 0 Å². The van der Waals surface area contributed by atoms with E-state index in [1.54, 1.807) is 14.2 Å². The van der Waals surface area contributed by atoms with E-state index >= 15 is 0 Å². The number of piperazine rings is 1. The van der Waals surface area contributed by atoms with Crippen molar-refractivity contribution >= 4 is 18.3 Å². The second-order valence-corrected chi connectivity index (χ2v) is 4.82. The third kappa shape index (κ3) is 4.79. The average molecular weight is 315 g/mol. The monoisotopic (exact) mass is 314 g/mol. The lowest BCUT2D eigenvalue weighted by Gasteiger charge is -2.27. The third-order valence-electron chi connectivity index (χ3n) is 3.55. The Labute approximate surface area is 132 Å². The van der Waals surface area contributed by atoms with Gasteiger partial charge in [-0.3, -0.25) is 4.79 Å². The topological polar surface area (TPSA) is 50.8 Å². The van der Waals surface area contributed by atoms with Crippen molar-refractivity contribution in [2.75, 3.05) is 40.4 Å². The molecule has 1 fully saturated rings. The fourth-order valence-corrected chi connectivity index (χ4v) is 2.36. The summed E-state index contributed by atoms with van der Waals surface area (Å²) in [6.45, 7) is 3.40. The van der Waals surface area contributed by atoms with Crippen LogP contribution in [0, 0.1) is 0 Å². The lowest BCUT2D eigenvalue weighted by atomic mass is 10.1. The molecule has 1 aliphatic rings. The van der Waals surface area contributed by atoms with E-state index in [4.69, 9.17) is 9.47 Å². The summed E-state index contributed by atoms with van der Waals surface area (Å²) in [5.41, 5.74) is 1.09. The summed E-state index contributed by atoms with van der Waals surface area (Å²) < 4.78 is 10.5. The van der Waals surface area contributed by atoms with Gasteiger partial charge in [-0.15, -0.1) is 12.4 Å². The predicted octanol–water partition coefficient (Wildman–Crippen LogP) is 1.49. The van der Waals surface area contributed by atoms with Crippen molar-refractivity contribution < 1.29 is 14.3 Å². The highest BCUT2D eigenvalue weighted by atomic mass is 35.5. The zero-order valence-corrected chi connectivity index (χ0v) is 13.4. The molecule has 1 aliphatic heterocycles. The maximum Gasteiger partial charge on any atom is 0.222 e. The molecule has 0 spiro atoms. The molecule has 0 bridgehead atoms. The van der Waals surface area contributed by atoms with Gasteiger partial charge in [-0.1, -0.05) is 6.07 Å². The number of hydrogen-bond acceptors (Lipinski definition) is 4. The molecule has 5 nitrogen and oxygen atoms in total. The first-order valence-electron chi connectivity index (χ1n) is 6.94. The lowest BCUT2D eigenvalue weighted by Crippen LogP contribution is -2.46. The van der Waals surface area contributed by atoms with Crippen molar-refractivity contribution in [2.45, 2.75) is 12.8 Å². The molecule has 0 unspecified atom stereocenters. The Kier molecular flexibility index (Phi) is 7.32. The van der Waals surface area contributed by atoms with Gasteiger partial charge in [0.25, 0.3) is 0 Å². The molecule has 0 atom stereocenters. The minimum absolute atomic E-state index is 0. The van der Waals surface area contributed by atoms with Gasteiger partial charge < -0.3 is 19.7 Å². The molecular formula is C15H23ClN2O3. The Balaban J connectivity index is 0.00000220. The Bertz CT molecular complexity index is 462. The number of nitrogens with zero attached hydrogens (tertiary/aromatic N) is 1. The quantitative estimate of drug-likeness (QED) is 0.894. The first-order chi connectivity index (χ1) is 9.74. The number of methoxy groups -OCH3 is 2. The Morgan fingerprint density at radius 2 is 1.86 bits per heavy atom. The first kappa shape index (κ1) is 17.6. The highest BCUT2D eigenvalue weighted by Crippen LogP contribution is 2.28. The van der Waals surface area contributed by atoms with Crippen molar-refractivity contribution in [1.82, 2.24) is 10.2 Å². The maximum absolute atomic E-state index is 12.1. The van der Waals surface area contributed by atoms with Crippen LogP contribution in [-0.2, 0) is 11.2 Å². The lowest BCUT2D eigenvalue weighted by molar-refractivity contribution is -0.131. The van der Waals surface area contributed by atoms with Gasteiger partial charge in [-0.25, -0.2) is 0 Å². The molecule has 1 aromatic carbocycles. The second-order valence-electron chi connectivity index (χ2n) is 4.82. The van der Waals surface area contributed by atoms with E-state index in [0.717, 1.165) is 38.2 Å². The minimum Gasteiger partial charge on any atom is -0.493 e. The Morgan fingerprint density at radius 3 is 2.48 bits per heavy atom. The van der Waals surface area contributed by atoms with E-state index < -0.39 is 0 Å². The van der Waals surface area contributed by atoms with Crippen LogP contribution in [-0.4, -0.2) is 51.2 Å². The fourth-order valence-electron chi connectivity index (χ4n) is 2.36. The number of ether oxygens (including phenoxy) is 2. The van der Waals surface area contributed by atoms with Crippen LogP contribution in [0.5, 0.6) is 11.5 Å². The van der Waals surface area contributed by atoms with Gasteiger partial charge in [0.15, 0.2) is 11.5 Å². The van der Waals surface area contributed by atoms with Crippen molar-refractivity contribution in [2.24, 2.45) is 0 Å². The van der Waals surface area contributed by atoms with Crippen LogP contribution in [0.4, 0.5) is 0 Å². The molecule has 1 saturated heterocycles. The molecule has 1 heterocycles. The smallest absolute Gasteiger partial charge is 0.222 e. The SMILES string of the molecule is COc1ccc(CCC(=O)N2CCNCC2)cc1OC.Cl. The summed E-state index contributed by atoms with van der Waals surface area (Å²) in [4.78, 5) is 14.0. The summed E-state index contributed by atoms with van der Waals surface area (Å²) in [5.74, 6) is 1.64. The van der Waals surface area contributed by atoms with Crippen molar-refractivity contribution in [3.63, 3.8) is 0 Å². The highest BCUT2D eigenvalue weighted by molar-refractivity contribution is 5.85. The van der Waals surface area contributed by atoms with Gasteiger partial charge in [0.2, 0.25) is 5.91 Å². The van der Waals surface area contributed by atoms with Crippen LogP contribution in [0.1, 0.15) is 12.0 Å². The summed E-state index contributed by atoms with van der Waals surface area (Å²) in [6, 6.07) is 5.79. The second kappa shape index (κ2) is 8.74. The fraction of sp³-hybridized carbons (Fsp3) is 0.533. The number of hydrogen-bond donors (Lipinski definition) is 1. The molecular weight excluding hydrogens is 292 g/mol. The summed E-state index contributed by atoms with van der Waals surface area (Å²) >= 11 is 0. The number of carbonyl (C=O) groups excluding carboxylic acids is 1. The van der Waals surface area contributed by atoms with E-state index in [0.29, 0.717) is 17.9 Å². The Morgan fingerprint density at radius 1 is 1.19 bits per heavy atom. The number of rotatable bonds is 5. The number of nitrogens with one attached hydrogen (secondary N) is 1. The summed E-state index contributed by atoms with van der Waals surface area (Å²) in [5, 5.41) is 3.25. The van der Waals surface area contributed by atoms with Crippen LogP contribution in [0.25, 0.3) is 0 Å². The minimum atomic E-state index is 0. The Hall–Kier alpha value is -1.46. The van der Waals surface area contributed by atoms with Crippen LogP contribution in [0.15, 0.2) is 18.2 Å². The van der Waals surface area contributed by atoms with Crippen LogP contribution >= 0.6 is 12.4 Å². The number of halogens is 1. The van der Waals surface area contributed by atoms with E-state index in [9.17, 15) is 4.79 Å². The average Bonchev–Trinajstić information content (AvgIpc) is 2.53. The first-order valence-corrected chi connectivity index (χ1v) is 6.94. The maximum atomic E-state index is 12.1. The molecule has 1 aromatic rings. The van der Waals surface area contributed by atoms with Crippen molar-refractivity contribution in [1.29, 1.82) is 0 Å². The number of amides is 1. The molecule has 21 heavy (non-hydrogen) atoms. The van der Waals surface area contributed by atoms with Crippen LogP contribution in [0.2, 0.25) is 0 Å². The van der Waals surface area contributed by atoms with E-state index in [1.807, 2.05) is 23.1 Å². The molecule has 0 radical (unpaired) electrons. The predicted molar refractivity (Wildman–Crippen MR) is 84.6 cm³/mol. The number of carbonyl (C=O) groups is 1. The number of aryl methyl sites for hydroxylation is 1. The van der Waals surface area contributed by atoms with Gasteiger partial charge in [0.1, 0.15) is 0 Å². The molecule has 6 heteroatoms. The molecule has 2 rings (SSSR count). The normalized spacial score (nSPS) is 14.3. The van der Waals surface area contributed by atoms with Gasteiger partial charge >= 0.3 is 0 Å². The molecule has 0 saturated carbocycles. The van der Waals surface area contributed by atoms with Gasteiger partial charge in [0, 0.05) is 32.6 Å². The highest BCUT2D eigenvalue weighted by Gasteiger charge is 2.16. The molecule has 1 amide bonds. The summed E-state index contributed by atoms with van der Waals surface area (Å²) in [7, 11) is 3.24. The zero-order chi connectivity index (χ0) is 14.4. The molecule has 0 aliphatic carbocycles. The molecule has 118 valence electrons. The van der Waals surface area contributed by atoms with Crippen molar-refractivity contribution in [3.8, 4) is 11.5 Å². The van der Waals surface area contributed by atoms with Crippen molar-refractivity contribution in [3.05, 3.63) is 23.8 Å². The van der Waals surface area contributed by atoms with Crippen LogP contribution < -0.4 is 14.8 Å². The molecule has 0 aromatic heterocycles. The third-order valence-corrected chi connectivity index (χ3v) is 3.55. The molecule has 1 N–H and O–H groups in total.